The highest BCUT2D eigenvalue weighted by Crippen LogP contribution is 2.31. The number of morpholine rings is 1. The number of carbonyl (C=O) groups excluding carboxylic acids is 1. The molecule has 2 heterocycles. The third kappa shape index (κ3) is 6.57. The van der Waals surface area contributed by atoms with Gasteiger partial charge in [0, 0.05) is 37.4 Å². The molecule has 1 atom stereocenters. The number of rotatable bonds is 8. The Kier molecular flexibility index (Phi) is 8.18. The number of halogens is 3. The van der Waals surface area contributed by atoms with Gasteiger partial charge >= 0.3 is 6.18 Å². The summed E-state index contributed by atoms with van der Waals surface area (Å²) in [5, 5.41) is 7.57. The Balaban J connectivity index is 1.71. The highest BCUT2D eigenvalue weighted by Gasteiger charge is 2.31. The maximum absolute atomic E-state index is 13.0. The number of aryl methyl sites for hydroxylation is 1. The summed E-state index contributed by atoms with van der Waals surface area (Å²) in [6.45, 7) is 11.6. The number of alkyl halides is 3. The van der Waals surface area contributed by atoms with Crippen molar-refractivity contribution in [3.05, 3.63) is 52.3 Å². The van der Waals surface area contributed by atoms with Crippen LogP contribution in [0.5, 0.6) is 0 Å². The van der Waals surface area contributed by atoms with Gasteiger partial charge in [0.05, 0.1) is 36.9 Å². The van der Waals surface area contributed by atoms with Crippen LogP contribution in [0, 0.1) is 19.8 Å². The third-order valence-corrected chi connectivity index (χ3v) is 6.01. The molecule has 0 spiro atoms. The number of aromatic nitrogens is 2. The number of amides is 1. The van der Waals surface area contributed by atoms with Gasteiger partial charge in [-0.25, -0.2) is 0 Å². The van der Waals surface area contributed by atoms with Crippen molar-refractivity contribution < 1.29 is 22.7 Å². The van der Waals surface area contributed by atoms with Gasteiger partial charge in [-0.05, 0) is 37.5 Å². The van der Waals surface area contributed by atoms with E-state index in [1.807, 2.05) is 18.5 Å². The molecule has 1 amide bonds. The second-order valence-electron chi connectivity index (χ2n) is 8.99. The Labute approximate surface area is 193 Å². The van der Waals surface area contributed by atoms with Gasteiger partial charge in [0.15, 0.2) is 0 Å². The van der Waals surface area contributed by atoms with Gasteiger partial charge in [-0.1, -0.05) is 26.0 Å². The van der Waals surface area contributed by atoms with Crippen LogP contribution in [0.1, 0.15) is 48.0 Å². The molecule has 6 nitrogen and oxygen atoms in total. The van der Waals surface area contributed by atoms with E-state index in [1.165, 1.54) is 12.1 Å². The summed E-state index contributed by atoms with van der Waals surface area (Å²) in [6.07, 6.45) is -4.16. The van der Waals surface area contributed by atoms with E-state index in [0.717, 1.165) is 41.2 Å². The molecular weight excluding hydrogens is 433 g/mol. The van der Waals surface area contributed by atoms with Crippen molar-refractivity contribution >= 4 is 5.91 Å². The fourth-order valence-corrected chi connectivity index (χ4v) is 4.19. The van der Waals surface area contributed by atoms with Crippen LogP contribution in [0.15, 0.2) is 24.3 Å². The monoisotopic (exact) mass is 466 g/mol. The SMILES string of the molecule is Cc1nn(CC(C)C)c(C)c1CC(=O)NCC(c1ccc(C(F)(F)F)cc1)N1CCOCC1. The van der Waals surface area contributed by atoms with Crippen molar-refractivity contribution in [2.75, 3.05) is 32.8 Å². The maximum Gasteiger partial charge on any atom is 0.416 e. The van der Waals surface area contributed by atoms with E-state index >= 15 is 0 Å². The molecule has 1 aliphatic rings. The van der Waals surface area contributed by atoms with Crippen molar-refractivity contribution in [3.63, 3.8) is 0 Å². The molecule has 9 heteroatoms. The number of carbonyl (C=O) groups is 1. The lowest BCUT2D eigenvalue weighted by molar-refractivity contribution is -0.137. The van der Waals surface area contributed by atoms with Crippen molar-refractivity contribution in [1.29, 1.82) is 0 Å². The van der Waals surface area contributed by atoms with E-state index < -0.39 is 11.7 Å². The largest absolute Gasteiger partial charge is 0.416 e. The summed E-state index contributed by atoms with van der Waals surface area (Å²) in [5.74, 6) is 0.318. The molecule has 182 valence electrons. The minimum absolute atomic E-state index is 0.129. The summed E-state index contributed by atoms with van der Waals surface area (Å²) < 4.78 is 46.3. The van der Waals surface area contributed by atoms with Crippen LogP contribution < -0.4 is 5.32 Å². The van der Waals surface area contributed by atoms with E-state index in [9.17, 15) is 18.0 Å². The molecule has 1 aromatic carbocycles. The number of nitrogens with one attached hydrogen (secondary N) is 1. The van der Waals surface area contributed by atoms with Gasteiger partial charge < -0.3 is 10.1 Å². The molecule has 0 saturated carbocycles. The highest BCUT2D eigenvalue weighted by molar-refractivity contribution is 5.79. The van der Waals surface area contributed by atoms with E-state index in [1.54, 1.807) is 0 Å². The number of hydrogen-bond acceptors (Lipinski definition) is 4. The quantitative estimate of drug-likeness (QED) is 0.641. The Morgan fingerprint density at radius 3 is 2.36 bits per heavy atom. The summed E-state index contributed by atoms with van der Waals surface area (Å²) in [6, 6.07) is 4.96. The lowest BCUT2D eigenvalue weighted by Crippen LogP contribution is -2.44. The van der Waals surface area contributed by atoms with Crippen LogP contribution in [0.4, 0.5) is 13.2 Å². The second-order valence-corrected chi connectivity index (χ2v) is 8.99. The number of nitrogens with zero attached hydrogens (tertiary/aromatic N) is 3. The van der Waals surface area contributed by atoms with E-state index in [2.05, 4.69) is 29.2 Å². The molecule has 0 aliphatic carbocycles. The van der Waals surface area contributed by atoms with Crippen LogP contribution in [0.25, 0.3) is 0 Å². The molecule has 3 rings (SSSR count). The number of hydrogen-bond donors (Lipinski definition) is 1. The molecule has 0 radical (unpaired) electrons. The van der Waals surface area contributed by atoms with Gasteiger partial charge in [-0.3, -0.25) is 14.4 Å². The Morgan fingerprint density at radius 2 is 1.79 bits per heavy atom. The molecule has 1 saturated heterocycles. The third-order valence-electron chi connectivity index (χ3n) is 6.01. The summed E-state index contributed by atoms with van der Waals surface area (Å²) >= 11 is 0. The molecule has 1 N–H and O–H groups in total. The fourth-order valence-electron chi connectivity index (χ4n) is 4.19. The molecule has 2 aromatic rings. The van der Waals surface area contributed by atoms with Gasteiger partial charge in [-0.2, -0.15) is 18.3 Å². The Hall–Kier alpha value is -2.39. The zero-order valence-corrected chi connectivity index (χ0v) is 19.7. The van der Waals surface area contributed by atoms with Crippen LogP contribution in [0.2, 0.25) is 0 Å². The molecule has 0 bridgehead atoms. The average Bonchev–Trinajstić information content (AvgIpc) is 3.01. The maximum atomic E-state index is 13.0. The van der Waals surface area contributed by atoms with Crippen LogP contribution >= 0.6 is 0 Å². The van der Waals surface area contributed by atoms with Gasteiger partial charge in [0.1, 0.15) is 0 Å². The average molecular weight is 467 g/mol. The van der Waals surface area contributed by atoms with Gasteiger partial charge in [-0.15, -0.1) is 0 Å². The van der Waals surface area contributed by atoms with Crippen molar-refractivity contribution in [2.45, 2.75) is 52.9 Å². The van der Waals surface area contributed by atoms with Crippen molar-refractivity contribution in [1.82, 2.24) is 20.0 Å². The number of ether oxygens (including phenoxy) is 1. The van der Waals surface area contributed by atoms with Crippen molar-refractivity contribution in [2.24, 2.45) is 5.92 Å². The minimum atomic E-state index is -4.38. The first kappa shape index (κ1) is 25.2. The van der Waals surface area contributed by atoms with E-state index in [-0.39, 0.29) is 18.4 Å². The van der Waals surface area contributed by atoms with E-state index in [0.29, 0.717) is 38.8 Å². The highest BCUT2D eigenvalue weighted by atomic mass is 19.4. The number of benzene rings is 1. The molecular formula is C24H33F3N4O2. The Bertz CT molecular complexity index is 932. The second kappa shape index (κ2) is 10.7. The molecule has 33 heavy (non-hydrogen) atoms. The summed E-state index contributed by atoms with van der Waals surface area (Å²) in [4.78, 5) is 15.0. The van der Waals surface area contributed by atoms with E-state index in [4.69, 9.17) is 4.74 Å². The first-order valence-electron chi connectivity index (χ1n) is 11.3. The van der Waals surface area contributed by atoms with Crippen molar-refractivity contribution in [3.8, 4) is 0 Å². The van der Waals surface area contributed by atoms with Crippen LogP contribution in [-0.2, 0) is 28.7 Å². The molecule has 1 aliphatic heterocycles. The Morgan fingerprint density at radius 1 is 1.15 bits per heavy atom. The standard InChI is InChI=1S/C24H33F3N4O2/c1-16(2)15-31-18(4)21(17(3)29-31)13-23(32)28-14-22(30-9-11-33-12-10-30)19-5-7-20(8-6-19)24(25,26)27/h5-8,16,22H,9-15H2,1-4H3,(H,28,32). The predicted octanol–water partition coefficient (Wildman–Crippen LogP) is 3.91. The van der Waals surface area contributed by atoms with Gasteiger partial charge in [0.2, 0.25) is 5.91 Å². The minimum Gasteiger partial charge on any atom is -0.379 e. The zero-order chi connectivity index (χ0) is 24.2. The first-order valence-corrected chi connectivity index (χ1v) is 11.3. The normalized spacial score (nSPS) is 16.2. The van der Waals surface area contributed by atoms with Crippen LogP contribution in [-0.4, -0.2) is 53.4 Å². The zero-order valence-electron chi connectivity index (χ0n) is 19.7. The lowest BCUT2D eigenvalue weighted by atomic mass is 10.0. The molecule has 1 fully saturated rings. The molecule has 1 aromatic heterocycles. The first-order chi connectivity index (χ1) is 15.6. The summed E-state index contributed by atoms with van der Waals surface area (Å²) in [7, 11) is 0. The summed E-state index contributed by atoms with van der Waals surface area (Å²) in [5.41, 5.74) is 2.81. The van der Waals surface area contributed by atoms with Gasteiger partial charge in [0.25, 0.3) is 0 Å². The predicted molar refractivity (Wildman–Crippen MR) is 120 cm³/mol. The topological polar surface area (TPSA) is 59.4 Å². The fraction of sp³-hybridized carbons (Fsp3) is 0.583. The lowest BCUT2D eigenvalue weighted by Gasteiger charge is -2.35. The van der Waals surface area contributed by atoms with Crippen LogP contribution in [0.3, 0.4) is 0 Å². The smallest absolute Gasteiger partial charge is 0.379 e. The molecule has 1 unspecified atom stereocenters.